The maximum Gasteiger partial charge on any atom is 0.309 e. The Morgan fingerprint density at radius 1 is 1.12 bits per heavy atom. The van der Waals surface area contributed by atoms with Crippen molar-refractivity contribution in [3.8, 4) is 5.75 Å². The Labute approximate surface area is 153 Å². The lowest BCUT2D eigenvalue weighted by Crippen LogP contribution is -2.46. The third-order valence-corrected chi connectivity index (χ3v) is 4.83. The average Bonchev–Trinajstić information content (AvgIpc) is 2.68. The first kappa shape index (κ1) is 18.2. The summed E-state index contributed by atoms with van der Waals surface area (Å²) in [4.78, 5) is 26.3. The number of rotatable bonds is 5. The highest BCUT2D eigenvalue weighted by molar-refractivity contribution is 5.89. The standard InChI is InChI=1S/C21H25NO4/c1-3-25-21(24)17-11-13-22(14-12-17)20(23)15(2)26-19-10-6-8-16-7-4-5-9-18(16)19/h4-10,15,17H,3,11-14H2,1-2H3. The van der Waals surface area contributed by atoms with Crippen molar-refractivity contribution in [2.75, 3.05) is 19.7 Å². The van der Waals surface area contributed by atoms with Gasteiger partial charge in [0.2, 0.25) is 0 Å². The fraction of sp³-hybridized carbons (Fsp3) is 0.429. The van der Waals surface area contributed by atoms with Gasteiger partial charge in [-0.15, -0.1) is 0 Å². The van der Waals surface area contributed by atoms with Gasteiger partial charge in [-0.25, -0.2) is 0 Å². The normalized spacial score (nSPS) is 16.3. The van der Waals surface area contributed by atoms with Crippen molar-refractivity contribution < 1.29 is 19.1 Å². The van der Waals surface area contributed by atoms with E-state index in [4.69, 9.17) is 9.47 Å². The Morgan fingerprint density at radius 3 is 2.54 bits per heavy atom. The molecule has 3 rings (SSSR count). The van der Waals surface area contributed by atoms with Gasteiger partial charge >= 0.3 is 5.97 Å². The number of piperidine rings is 1. The highest BCUT2D eigenvalue weighted by Crippen LogP contribution is 2.27. The SMILES string of the molecule is CCOC(=O)C1CCN(C(=O)C(C)Oc2cccc3ccccc23)CC1. The Kier molecular flexibility index (Phi) is 5.76. The molecule has 0 saturated carbocycles. The van der Waals surface area contributed by atoms with Gasteiger partial charge in [-0.2, -0.15) is 0 Å². The minimum atomic E-state index is -0.569. The van der Waals surface area contributed by atoms with Crippen molar-refractivity contribution in [1.29, 1.82) is 0 Å². The van der Waals surface area contributed by atoms with Gasteiger partial charge in [0.25, 0.3) is 5.91 Å². The van der Waals surface area contributed by atoms with Crippen LogP contribution in [0.3, 0.4) is 0 Å². The van der Waals surface area contributed by atoms with E-state index in [9.17, 15) is 9.59 Å². The Balaban J connectivity index is 1.61. The van der Waals surface area contributed by atoms with Crippen LogP contribution in [-0.4, -0.2) is 42.6 Å². The van der Waals surface area contributed by atoms with E-state index < -0.39 is 6.10 Å². The van der Waals surface area contributed by atoms with Crippen LogP contribution in [0, 0.1) is 5.92 Å². The quantitative estimate of drug-likeness (QED) is 0.771. The van der Waals surface area contributed by atoms with Crippen LogP contribution >= 0.6 is 0 Å². The van der Waals surface area contributed by atoms with Crippen molar-refractivity contribution in [3.63, 3.8) is 0 Å². The number of amides is 1. The summed E-state index contributed by atoms with van der Waals surface area (Å²) < 4.78 is 11.0. The number of benzene rings is 2. The lowest BCUT2D eigenvalue weighted by Gasteiger charge is -2.32. The van der Waals surface area contributed by atoms with E-state index >= 15 is 0 Å². The van der Waals surface area contributed by atoms with Crippen molar-refractivity contribution in [2.24, 2.45) is 5.92 Å². The zero-order valence-electron chi connectivity index (χ0n) is 15.3. The van der Waals surface area contributed by atoms with Crippen LogP contribution in [-0.2, 0) is 14.3 Å². The molecule has 0 N–H and O–H groups in total. The molecule has 1 aliphatic heterocycles. The monoisotopic (exact) mass is 355 g/mol. The van der Waals surface area contributed by atoms with E-state index in [2.05, 4.69) is 0 Å². The van der Waals surface area contributed by atoms with Crippen molar-refractivity contribution in [1.82, 2.24) is 4.90 Å². The minimum absolute atomic E-state index is 0.0414. The number of carbonyl (C=O) groups excluding carboxylic acids is 2. The molecule has 1 unspecified atom stereocenters. The molecule has 1 aliphatic rings. The fourth-order valence-electron chi connectivity index (χ4n) is 3.39. The van der Waals surface area contributed by atoms with Crippen LogP contribution < -0.4 is 4.74 Å². The highest BCUT2D eigenvalue weighted by atomic mass is 16.5. The van der Waals surface area contributed by atoms with Gasteiger partial charge in [-0.3, -0.25) is 9.59 Å². The largest absolute Gasteiger partial charge is 0.480 e. The summed E-state index contributed by atoms with van der Waals surface area (Å²) in [6, 6.07) is 13.8. The predicted octanol–water partition coefficient (Wildman–Crippen LogP) is 3.41. The third-order valence-electron chi connectivity index (χ3n) is 4.83. The second kappa shape index (κ2) is 8.21. The van der Waals surface area contributed by atoms with E-state index in [1.165, 1.54) is 0 Å². The van der Waals surface area contributed by atoms with Crippen LogP contribution in [0.5, 0.6) is 5.75 Å². The van der Waals surface area contributed by atoms with Crippen molar-refractivity contribution in [3.05, 3.63) is 42.5 Å². The molecule has 0 radical (unpaired) electrons. The summed E-state index contributed by atoms with van der Waals surface area (Å²) in [6.07, 6.45) is 0.719. The Morgan fingerprint density at radius 2 is 1.81 bits per heavy atom. The predicted molar refractivity (Wildman–Crippen MR) is 100.0 cm³/mol. The van der Waals surface area contributed by atoms with Crippen molar-refractivity contribution >= 4 is 22.6 Å². The number of hydrogen-bond acceptors (Lipinski definition) is 4. The molecule has 0 aromatic heterocycles. The third kappa shape index (κ3) is 3.98. The van der Waals surface area contributed by atoms with Crippen LogP contribution in [0.1, 0.15) is 26.7 Å². The van der Waals surface area contributed by atoms with Gasteiger partial charge < -0.3 is 14.4 Å². The van der Waals surface area contributed by atoms with Crippen LogP contribution in [0.4, 0.5) is 0 Å². The van der Waals surface area contributed by atoms with Gasteiger partial charge in [-0.1, -0.05) is 36.4 Å². The Hall–Kier alpha value is -2.56. The summed E-state index contributed by atoms with van der Waals surface area (Å²) in [5, 5.41) is 2.08. The van der Waals surface area contributed by atoms with Crippen LogP contribution in [0.2, 0.25) is 0 Å². The molecule has 5 heteroatoms. The number of carbonyl (C=O) groups is 2. The summed E-state index contributed by atoms with van der Waals surface area (Å²) in [6.45, 7) is 5.11. The molecule has 2 aromatic rings. The van der Waals surface area contributed by atoms with Gasteiger partial charge in [0, 0.05) is 18.5 Å². The van der Waals surface area contributed by atoms with Gasteiger partial charge in [-0.05, 0) is 38.1 Å². The zero-order valence-corrected chi connectivity index (χ0v) is 15.3. The molecule has 1 saturated heterocycles. The highest BCUT2D eigenvalue weighted by Gasteiger charge is 2.30. The number of nitrogens with zero attached hydrogens (tertiary/aromatic N) is 1. The Bertz CT molecular complexity index is 775. The number of hydrogen-bond donors (Lipinski definition) is 0. The molecule has 1 atom stereocenters. The molecule has 2 aromatic carbocycles. The molecule has 1 heterocycles. The molecule has 5 nitrogen and oxygen atoms in total. The topological polar surface area (TPSA) is 55.8 Å². The minimum Gasteiger partial charge on any atom is -0.480 e. The van der Waals surface area contributed by atoms with Crippen LogP contribution in [0.15, 0.2) is 42.5 Å². The molecular weight excluding hydrogens is 330 g/mol. The number of esters is 1. The van der Waals surface area contributed by atoms with Gasteiger partial charge in [0.1, 0.15) is 5.75 Å². The number of fused-ring (bicyclic) bond motifs is 1. The molecule has 1 amide bonds. The molecule has 26 heavy (non-hydrogen) atoms. The van der Waals surface area contributed by atoms with E-state index in [1.54, 1.807) is 11.8 Å². The van der Waals surface area contributed by atoms with E-state index in [0.717, 1.165) is 10.8 Å². The smallest absolute Gasteiger partial charge is 0.309 e. The summed E-state index contributed by atoms with van der Waals surface area (Å²) in [5.74, 6) is 0.415. The lowest BCUT2D eigenvalue weighted by atomic mass is 9.96. The first-order valence-corrected chi connectivity index (χ1v) is 9.20. The first-order chi connectivity index (χ1) is 12.6. The molecule has 0 aliphatic carbocycles. The second-order valence-corrected chi connectivity index (χ2v) is 6.59. The van der Waals surface area contributed by atoms with Crippen molar-refractivity contribution in [2.45, 2.75) is 32.8 Å². The fourth-order valence-corrected chi connectivity index (χ4v) is 3.39. The zero-order chi connectivity index (χ0) is 18.5. The van der Waals surface area contributed by atoms with Gasteiger partial charge in [0.15, 0.2) is 6.10 Å². The lowest BCUT2D eigenvalue weighted by molar-refractivity contribution is -0.152. The van der Waals surface area contributed by atoms with Gasteiger partial charge in [0.05, 0.1) is 12.5 Å². The van der Waals surface area contributed by atoms with E-state index in [1.807, 2.05) is 49.4 Å². The average molecular weight is 355 g/mol. The molecular formula is C21H25NO4. The summed E-state index contributed by atoms with van der Waals surface area (Å²) >= 11 is 0. The maximum atomic E-state index is 12.7. The molecule has 138 valence electrons. The maximum absolute atomic E-state index is 12.7. The number of likely N-dealkylation sites (tertiary alicyclic amines) is 1. The second-order valence-electron chi connectivity index (χ2n) is 6.59. The molecule has 1 fully saturated rings. The number of ether oxygens (including phenoxy) is 2. The first-order valence-electron chi connectivity index (χ1n) is 9.20. The van der Waals surface area contributed by atoms with Crippen LogP contribution in [0.25, 0.3) is 10.8 Å². The van der Waals surface area contributed by atoms with E-state index in [-0.39, 0.29) is 17.8 Å². The summed E-state index contributed by atoms with van der Waals surface area (Å²) in [5.41, 5.74) is 0. The molecule has 0 spiro atoms. The van der Waals surface area contributed by atoms with E-state index in [0.29, 0.717) is 38.3 Å². The molecule has 0 bridgehead atoms. The summed E-state index contributed by atoms with van der Waals surface area (Å²) in [7, 11) is 0.